The van der Waals surface area contributed by atoms with Gasteiger partial charge in [-0.15, -0.1) is 0 Å². The zero-order valence-corrected chi connectivity index (χ0v) is 27.9. The molecule has 1 atom stereocenters. The van der Waals surface area contributed by atoms with E-state index in [2.05, 4.69) is 4.90 Å². The summed E-state index contributed by atoms with van der Waals surface area (Å²) in [5.41, 5.74) is 7.74. The van der Waals surface area contributed by atoms with Gasteiger partial charge in [-0.1, -0.05) is 58.5 Å². The van der Waals surface area contributed by atoms with Gasteiger partial charge in [0.25, 0.3) is 0 Å². The van der Waals surface area contributed by atoms with Gasteiger partial charge in [-0.2, -0.15) is 12.7 Å². The zero-order chi connectivity index (χ0) is 31.7. The number of aliphatic hydroxyl groups is 1. The second kappa shape index (κ2) is 12.7. The van der Waals surface area contributed by atoms with E-state index in [0.717, 1.165) is 27.8 Å². The molecule has 3 N–H and O–H groups in total. The fourth-order valence-corrected chi connectivity index (χ4v) is 7.72. The van der Waals surface area contributed by atoms with Gasteiger partial charge >= 0.3 is 16.3 Å². The highest BCUT2D eigenvalue weighted by atomic mass is 32.2. The number of cyclic esters (lactones) is 1. The molecule has 2 aliphatic heterocycles. The van der Waals surface area contributed by atoms with E-state index in [1.165, 1.54) is 4.31 Å². The van der Waals surface area contributed by atoms with Gasteiger partial charge < -0.3 is 24.7 Å². The predicted molar refractivity (Wildman–Crippen MR) is 171 cm³/mol. The van der Waals surface area contributed by atoms with Crippen molar-refractivity contribution in [2.45, 2.75) is 76.7 Å². The maximum atomic E-state index is 13.5. The minimum Gasteiger partial charge on any atom is -0.511 e. The number of carbonyl (C=O) groups is 1. The second-order valence-electron chi connectivity index (χ2n) is 13.0. The van der Waals surface area contributed by atoms with Crippen molar-refractivity contribution < 1.29 is 27.2 Å². The molecular weight excluding hydrogens is 587 g/mol. The smallest absolute Gasteiger partial charge is 0.385 e. The van der Waals surface area contributed by atoms with Crippen molar-refractivity contribution in [2.75, 3.05) is 39.0 Å². The highest BCUT2D eigenvalue weighted by Crippen LogP contribution is 2.46. The minimum absolute atomic E-state index is 0.00254. The lowest BCUT2D eigenvalue weighted by molar-refractivity contribution is -0.164. The Bertz CT molecular complexity index is 1470. The predicted octanol–water partition coefficient (Wildman–Crippen LogP) is 5.58. The van der Waals surface area contributed by atoms with Gasteiger partial charge in [0, 0.05) is 43.2 Å². The van der Waals surface area contributed by atoms with Gasteiger partial charge in [-0.3, -0.25) is 0 Å². The van der Waals surface area contributed by atoms with Crippen LogP contribution in [-0.4, -0.2) is 67.5 Å². The Balaban J connectivity index is 1.60. The van der Waals surface area contributed by atoms with Crippen LogP contribution >= 0.6 is 11.8 Å². The van der Waals surface area contributed by atoms with Crippen molar-refractivity contribution in [1.82, 2.24) is 9.21 Å². The van der Waals surface area contributed by atoms with E-state index in [0.29, 0.717) is 50.3 Å². The molecule has 0 amide bonds. The summed E-state index contributed by atoms with van der Waals surface area (Å²) >= 11 is 1.15. The van der Waals surface area contributed by atoms with Crippen LogP contribution in [0.2, 0.25) is 0 Å². The number of benzene rings is 2. The van der Waals surface area contributed by atoms with Crippen LogP contribution in [0, 0.1) is 12.8 Å². The first-order valence-corrected chi connectivity index (χ1v) is 16.9. The van der Waals surface area contributed by atoms with Crippen LogP contribution in [0.4, 0.5) is 5.69 Å². The monoisotopic (exact) mass is 631 g/mol. The third kappa shape index (κ3) is 7.68. The number of esters is 1. The van der Waals surface area contributed by atoms with Crippen molar-refractivity contribution in [2.24, 2.45) is 5.92 Å². The van der Waals surface area contributed by atoms with Gasteiger partial charge in [0.2, 0.25) is 0 Å². The molecule has 2 aromatic rings. The zero-order valence-electron chi connectivity index (χ0n) is 26.3. The summed E-state index contributed by atoms with van der Waals surface area (Å²) < 4.78 is 39.4. The van der Waals surface area contributed by atoms with E-state index < -0.39 is 27.3 Å². The Hall–Kier alpha value is -2.73. The number of rotatable bonds is 9. The minimum atomic E-state index is -3.98. The molecule has 2 heterocycles. The molecule has 0 saturated carbocycles. The lowest BCUT2D eigenvalue weighted by Gasteiger charge is -2.40. The number of ether oxygens (including phenoxy) is 1. The van der Waals surface area contributed by atoms with Gasteiger partial charge in [0.1, 0.15) is 22.0 Å². The van der Waals surface area contributed by atoms with Crippen LogP contribution in [0.25, 0.3) is 0 Å². The summed E-state index contributed by atoms with van der Waals surface area (Å²) in [6, 6.07) is 11.2. The molecule has 0 aliphatic carbocycles. The number of aryl methyl sites for hydroxylation is 2. The van der Waals surface area contributed by atoms with E-state index in [-0.39, 0.29) is 28.8 Å². The summed E-state index contributed by atoms with van der Waals surface area (Å²) in [5, 5.41) is 11.3. The Morgan fingerprint density at radius 1 is 1.12 bits per heavy atom. The van der Waals surface area contributed by atoms with E-state index in [1.807, 2.05) is 72.0 Å². The quantitative estimate of drug-likeness (QED) is 0.270. The number of nitrogens with two attached hydrogens (primary N) is 1. The number of hydrogen-bond acceptors (Lipinski definition) is 9. The molecule has 1 unspecified atom stereocenters. The highest BCUT2D eigenvalue weighted by Gasteiger charge is 2.44. The summed E-state index contributed by atoms with van der Waals surface area (Å²) in [4.78, 5) is 16.4. The number of aliphatic hydroxyl groups excluding tert-OH is 1. The highest BCUT2D eigenvalue weighted by molar-refractivity contribution is 8.04. The lowest BCUT2D eigenvalue weighted by atomic mass is 9.80. The summed E-state index contributed by atoms with van der Waals surface area (Å²) in [6.45, 7) is 13.8. The van der Waals surface area contributed by atoms with Crippen molar-refractivity contribution in [3.63, 3.8) is 0 Å². The van der Waals surface area contributed by atoms with Gasteiger partial charge in [-0.25, -0.2) is 4.79 Å². The fourth-order valence-electron chi connectivity index (χ4n) is 5.35. The molecule has 43 heavy (non-hydrogen) atoms. The first-order valence-electron chi connectivity index (χ1n) is 14.7. The van der Waals surface area contributed by atoms with Crippen molar-refractivity contribution in [3.8, 4) is 5.75 Å². The molecule has 1 fully saturated rings. The summed E-state index contributed by atoms with van der Waals surface area (Å²) in [5.74, 6) is -0.331. The van der Waals surface area contributed by atoms with E-state index >= 15 is 0 Å². The number of anilines is 1. The SMILES string of the molecule is Cc1cc(SC2=C(O)CC(CCc3ccc(N)cc3)(C(C)C)OC2=O)c(C(C)(C)C)cc1OS(=O)(=O)N1CCN(C)CC1. The third-order valence-electron chi connectivity index (χ3n) is 8.35. The largest absolute Gasteiger partial charge is 0.511 e. The average Bonchev–Trinajstić information content (AvgIpc) is 2.91. The van der Waals surface area contributed by atoms with Crippen molar-refractivity contribution in [3.05, 3.63) is 63.8 Å². The Morgan fingerprint density at radius 3 is 2.30 bits per heavy atom. The van der Waals surface area contributed by atoms with Crippen LogP contribution in [0.5, 0.6) is 5.75 Å². The van der Waals surface area contributed by atoms with Crippen LogP contribution in [0.15, 0.2) is 52.0 Å². The molecular formula is C32H45N3O6S2. The fraction of sp³-hybridized carbons (Fsp3) is 0.531. The first-order chi connectivity index (χ1) is 20.0. The van der Waals surface area contributed by atoms with Gasteiger partial charge in [0.15, 0.2) is 0 Å². The maximum absolute atomic E-state index is 13.5. The number of likely N-dealkylation sites (N-methyl/N-ethyl adjacent to an activating group) is 1. The molecule has 0 spiro atoms. The summed E-state index contributed by atoms with van der Waals surface area (Å²) in [6.07, 6.45) is 1.44. The molecule has 0 radical (unpaired) electrons. The molecule has 2 aromatic carbocycles. The molecule has 2 aliphatic rings. The van der Waals surface area contributed by atoms with Crippen LogP contribution in [-0.2, 0) is 31.7 Å². The van der Waals surface area contributed by atoms with E-state index in [1.54, 1.807) is 13.0 Å². The average molecular weight is 632 g/mol. The number of hydrogen-bond donors (Lipinski definition) is 2. The third-order valence-corrected chi connectivity index (χ3v) is 10.9. The Labute approximate surface area is 260 Å². The van der Waals surface area contributed by atoms with Crippen molar-refractivity contribution >= 4 is 33.7 Å². The van der Waals surface area contributed by atoms with Crippen molar-refractivity contribution in [1.29, 1.82) is 0 Å². The van der Waals surface area contributed by atoms with Gasteiger partial charge in [-0.05, 0) is 79.1 Å². The number of nitrogens with zero attached hydrogens (tertiary/aromatic N) is 2. The molecule has 0 bridgehead atoms. The van der Waals surface area contributed by atoms with Crippen LogP contribution in [0.3, 0.4) is 0 Å². The topological polar surface area (TPSA) is 122 Å². The first kappa shape index (κ1) is 33.2. The van der Waals surface area contributed by atoms with Crippen LogP contribution in [0.1, 0.15) is 64.2 Å². The number of nitrogen functional groups attached to an aromatic ring is 1. The normalized spacial score (nSPS) is 20.9. The summed E-state index contributed by atoms with van der Waals surface area (Å²) in [7, 11) is -2.02. The second-order valence-corrected chi connectivity index (χ2v) is 15.6. The number of thioether (sulfide) groups is 1. The molecule has 11 heteroatoms. The van der Waals surface area contributed by atoms with E-state index in [9.17, 15) is 18.3 Å². The molecule has 236 valence electrons. The Kier molecular flexibility index (Phi) is 9.80. The Morgan fingerprint density at radius 2 is 1.74 bits per heavy atom. The maximum Gasteiger partial charge on any atom is 0.385 e. The molecule has 4 rings (SSSR count). The number of carbonyl (C=O) groups excluding carboxylic acids is 1. The standard InChI is InChI=1S/C32H45N3O6S2/c1-21(2)32(13-12-23-8-10-24(33)11-9-23)20-26(36)29(30(37)40-32)42-28-18-22(3)27(19-25(28)31(4,5)6)41-43(38,39)35-16-14-34(7)15-17-35/h8-11,18-19,21,36H,12-17,20,33H2,1-7H3. The van der Waals surface area contributed by atoms with Gasteiger partial charge in [0.05, 0.1) is 0 Å². The molecule has 9 nitrogen and oxygen atoms in total. The molecule has 0 aromatic heterocycles. The number of piperazine rings is 1. The lowest BCUT2D eigenvalue weighted by Crippen LogP contribution is -2.48. The molecule has 1 saturated heterocycles. The van der Waals surface area contributed by atoms with Crippen LogP contribution < -0.4 is 9.92 Å². The van der Waals surface area contributed by atoms with E-state index in [4.69, 9.17) is 14.7 Å².